The van der Waals surface area contributed by atoms with E-state index in [1.165, 1.54) is 20.0 Å². The Balaban J connectivity index is 2.57. The smallest absolute Gasteiger partial charge is 0.309 e. The van der Waals surface area contributed by atoms with Crippen molar-refractivity contribution in [2.75, 3.05) is 40.5 Å². The quantitative estimate of drug-likeness (QED) is 0.665. The topological polar surface area (TPSA) is 50.8 Å². The molecule has 0 spiro atoms. The minimum absolute atomic E-state index is 0.122. The lowest BCUT2D eigenvalue weighted by atomic mass is 10.0. The molecular weight excluding hydrogens is 244 g/mol. The molecule has 0 saturated carbocycles. The molecule has 1 rings (SSSR count). The summed E-state index contributed by atoms with van der Waals surface area (Å²) in [6, 6.07) is 0.689. The molecule has 1 N–H and O–H groups in total. The van der Waals surface area contributed by atoms with Gasteiger partial charge in [-0.3, -0.25) is 9.69 Å². The van der Waals surface area contributed by atoms with E-state index in [1.807, 2.05) is 6.92 Å². The second kappa shape index (κ2) is 8.51. The molecule has 1 fully saturated rings. The standard InChI is InChI=1S/C14H28N2O3/c1-11(14(17)19-4)12(2)16(8-9-18-3)10-13-6-5-7-15-13/h11-13,15H,5-10H2,1-4H3. The van der Waals surface area contributed by atoms with Gasteiger partial charge < -0.3 is 14.8 Å². The van der Waals surface area contributed by atoms with Crippen LogP contribution in [0, 0.1) is 5.92 Å². The van der Waals surface area contributed by atoms with Crippen molar-refractivity contribution in [3.05, 3.63) is 0 Å². The lowest BCUT2D eigenvalue weighted by Crippen LogP contribution is -2.47. The largest absolute Gasteiger partial charge is 0.469 e. The number of esters is 1. The number of carbonyl (C=O) groups excluding carboxylic acids is 1. The molecule has 0 aromatic rings. The maximum Gasteiger partial charge on any atom is 0.309 e. The molecular formula is C14H28N2O3. The molecule has 1 aliphatic heterocycles. The number of hydrogen-bond donors (Lipinski definition) is 1. The number of nitrogens with zero attached hydrogens (tertiary/aromatic N) is 1. The van der Waals surface area contributed by atoms with Crippen LogP contribution in [0.2, 0.25) is 0 Å². The van der Waals surface area contributed by atoms with Gasteiger partial charge in [-0.05, 0) is 26.3 Å². The Hall–Kier alpha value is -0.650. The molecule has 1 saturated heterocycles. The maximum atomic E-state index is 11.7. The van der Waals surface area contributed by atoms with E-state index in [9.17, 15) is 4.79 Å². The van der Waals surface area contributed by atoms with Gasteiger partial charge in [0.1, 0.15) is 0 Å². The highest BCUT2D eigenvalue weighted by atomic mass is 16.5. The minimum Gasteiger partial charge on any atom is -0.469 e. The summed E-state index contributed by atoms with van der Waals surface area (Å²) >= 11 is 0. The molecule has 1 aliphatic rings. The van der Waals surface area contributed by atoms with Crippen LogP contribution in [0.3, 0.4) is 0 Å². The molecule has 0 radical (unpaired) electrons. The number of ether oxygens (including phenoxy) is 2. The molecule has 1 heterocycles. The Bertz CT molecular complexity index is 267. The van der Waals surface area contributed by atoms with Gasteiger partial charge in [0.25, 0.3) is 0 Å². The van der Waals surface area contributed by atoms with E-state index >= 15 is 0 Å². The zero-order valence-corrected chi connectivity index (χ0v) is 12.6. The molecule has 112 valence electrons. The maximum absolute atomic E-state index is 11.7. The zero-order valence-electron chi connectivity index (χ0n) is 12.6. The van der Waals surface area contributed by atoms with Gasteiger partial charge in [0.05, 0.1) is 19.6 Å². The molecule has 0 aromatic heterocycles. The summed E-state index contributed by atoms with van der Waals surface area (Å²) in [5, 5.41) is 3.50. The summed E-state index contributed by atoms with van der Waals surface area (Å²) in [5.74, 6) is -0.266. The van der Waals surface area contributed by atoms with Gasteiger partial charge in [-0.2, -0.15) is 0 Å². The van der Waals surface area contributed by atoms with E-state index in [2.05, 4.69) is 17.1 Å². The van der Waals surface area contributed by atoms with Gasteiger partial charge in [-0.1, -0.05) is 6.92 Å². The van der Waals surface area contributed by atoms with E-state index in [4.69, 9.17) is 9.47 Å². The van der Waals surface area contributed by atoms with Crippen molar-refractivity contribution in [2.45, 2.75) is 38.8 Å². The van der Waals surface area contributed by atoms with Crippen LogP contribution in [-0.2, 0) is 14.3 Å². The summed E-state index contributed by atoms with van der Waals surface area (Å²) in [4.78, 5) is 14.0. The van der Waals surface area contributed by atoms with Gasteiger partial charge in [0, 0.05) is 32.3 Å². The van der Waals surface area contributed by atoms with Crippen LogP contribution in [0.25, 0.3) is 0 Å². The Labute approximate surface area is 116 Å². The first-order valence-corrected chi connectivity index (χ1v) is 7.14. The fourth-order valence-electron chi connectivity index (χ4n) is 2.56. The van der Waals surface area contributed by atoms with Crippen LogP contribution in [-0.4, -0.2) is 63.4 Å². The van der Waals surface area contributed by atoms with Crippen molar-refractivity contribution in [3.8, 4) is 0 Å². The molecule has 19 heavy (non-hydrogen) atoms. The molecule has 0 bridgehead atoms. The second-order valence-corrected chi connectivity index (χ2v) is 5.33. The highest BCUT2D eigenvalue weighted by Gasteiger charge is 2.28. The first-order valence-electron chi connectivity index (χ1n) is 7.14. The lowest BCUT2D eigenvalue weighted by Gasteiger charge is -2.33. The van der Waals surface area contributed by atoms with Crippen molar-refractivity contribution in [1.29, 1.82) is 0 Å². The number of nitrogens with one attached hydrogen (secondary N) is 1. The van der Waals surface area contributed by atoms with E-state index in [-0.39, 0.29) is 17.9 Å². The predicted octanol–water partition coefficient (Wildman–Crippen LogP) is 0.884. The summed E-state index contributed by atoms with van der Waals surface area (Å²) in [7, 11) is 3.16. The molecule has 3 atom stereocenters. The number of methoxy groups -OCH3 is 2. The van der Waals surface area contributed by atoms with Crippen molar-refractivity contribution in [3.63, 3.8) is 0 Å². The third kappa shape index (κ3) is 5.09. The molecule has 5 nitrogen and oxygen atoms in total. The first kappa shape index (κ1) is 16.4. The van der Waals surface area contributed by atoms with Crippen LogP contribution in [0.1, 0.15) is 26.7 Å². The number of carbonyl (C=O) groups is 1. The second-order valence-electron chi connectivity index (χ2n) is 5.33. The fraction of sp³-hybridized carbons (Fsp3) is 0.929. The summed E-state index contributed by atoms with van der Waals surface area (Å²) in [5.41, 5.74) is 0. The van der Waals surface area contributed by atoms with Gasteiger partial charge >= 0.3 is 5.97 Å². The van der Waals surface area contributed by atoms with Crippen molar-refractivity contribution >= 4 is 5.97 Å². The van der Waals surface area contributed by atoms with Crippen molar-refractivity contribution < 1.29 is 14.3 Å². The van der Waals surface area contributed by atoms with E-state index < -0.39 is 0 Å². The van der Waals surface area contributed by atoms with Crippen molar-refractivity contribution in [2.24, 2.45) is 5.92 Å². The Morgan fingerprint density at radius 1 is 1.42 bits per heavy atom. The first-order chi connectivity index (χ1) is 9.10. The predicted molar refractivity (Wildman–Crippen MR) is 75.1 cm³/mol. The number of rotatable bonds is 8. The van der Waals surface area contributed by atoms with E-state index in [0.717, 1.165) is 19.6 Å². The molecule has 5 heteroatoms. The monoisotopic (exact) mass is 272 g/mol. The van der Waals surface area contributed by atoms with Crippen molar-refractivity contribution in [1.82, 2.24) is 10.2 Å². The van der Waals surface area contributed by atoms with Gasteiger partial charge in [0.2, 0.25) is 0 Å². The summed E-state index contributed by atoms with van der Waals surface area (Å²) in [6.45, 7) is 7.61. The van der Waals surface area contributed by atoms with Gasteiger partial charge in [-0.25, -0.2) is 0 Å². The van der Waals surface area contributed by atoms with Crippen LogP contribution in [0.15, 0.2) is 0 Å². The Morgan fingerprint density at radius 2 is 2.16 bits per heavy atom. The number of hydrogen-bond acceptors (Lipinski definition) is 5. The third-order valence-corrected chi connectivity index (χ3v) is 4.07. The molecule has 0 aliphatic carbocycles. The van der Waals surface area contributed by atoms with E-state index in [1.54, 1.807) is 7.11 Å². The van der Waals surface area contributed by atoms with Crippen LogP contribution in [0.4, 0.5) is 0 Å². The molecule has 0 aromatic carbocycles. The minimum atomic E-state index is -0.144. The highest BCUT2D eigenvalue weighted by Crippen LogP contribution is 2.15. The van der Waals surface area contributed by atoms with Gasteiger partial charge in [0.15, 0.2) is 0 Å². The Kier molecular flexibility index (Phi) is 7.34. The zero-order chi connectivity index (χ0) is 14.3. The summed E-state index contributed by atoms with van der Waals surface area (Å²) in [6.07, 6.45) is 2.45. The lowest BCUT2D eigenvalue weighted by molar-refractivity contribution is -0.147. The normalized spacial score (nSPS) is 22.5. The molecule has 0 amide bonds. The average molecular weight is 272 g/mol. The third-order valence-electron chi connectivity index (χ3n) is 4.07. The fourth-order valence-corrected chi connectivity index (χ4v) is 2.56. The van der Waals surface area contributed by atoms with Crippen LogP contribution in [0.5, 0.6) is 0 Å². The Morgan fingerprint density at radius 3 is 2.68 bits per heavy atom. The van der Waals surface area contributed by atoms with Crippen LogP contribution < -0.4 is 5.32 Å². The SMILES string of the molecule is COCCN(CC1CCCN1)C(C)C(C)C(=O)OC. The average Bonchev–Trinajstić information content (AvgIpc) is 2.93. The summed E-state index contributed by atoms with van der Waals surface area (Å²) < 4.78 is 10.0. The molecule has 3 unspecified atom stereocenters. The highest BCUT2D eigenvalue weighted by molar-refractivity contribution is 5.72. The van der Waals surface area contributed by atoms with E-state index in [0.29, 0.717) is 12.6 Å². The van der Waals surface area contributed by atoms with Crippen LogP contribution >= 0.6 is 0 Å². The van der Waals surface area contributed by atoms with Gasteiger partial charge in [-0.15, -0.1) is 0 Å².